The number of guanidine groups is 1. The lowest BCUT2D eigenvalue weighted by Gasteiger charge is -2.30. The third kappa shape index (κ3) is 21.8. The molecule has 2 aromatic carbocycles. The smallest absolute Gasteiger partial charge is 0.299 e. The maximum Gasteiger partial charge on any atom is 0.299 e. The molecule has 0 spiro atoms. The number of non-ortho nitro benzene ring substituents is 1. The molecule has 1 heterocycles. The Kier molecular flexibility index (Phi) is 27.1. The van der Waals surface area contributed by atoms with Crippen LogP contribution >= 0.6 is 0 Å². The van der Waals surface area contributed by atoms with Crippen molar-refractivity contribution in [3.05, 3.63) is 68.3 Å². The van der Waals surface area contributed by atoms with Crippen molar-refractivity contribution in [3.63, 3.8) is 0 Å². The van der Waals surface area contributed by atoms with Crippen LogP contribution in [0, 0.1) is 32.1 Å². The summed E-state index contributed by atoms with van der Waals surface area (Å²) >= 11 is 0. The van der Waals surface area contributed by atoms with Gasteiger partial charge in [-0.2, -0.15) is 0 Å². The first kappa shape index (κ1) is 66.6. The van der Waals surface area contributed by atoms with E-state index in [1.165, 1.54) is 11.8 Å². The molecule has 446 valence electrons. The highest BCUT2D eigenvalue weighted by Gasteiger charge is 2.39. The predicted octanol–water partition coefficient (Wildman–Crippen LogP) is -0.934. The number of nitro groups is 2. The summed E-state index contributed by atoms with van der Waals surface area (Å²) in [6.07, 6.45) is 2.44. The minimum absolute atomic E-state index is 0.0231. The van der Waals surface area contributed by atoms with Crippen molar-refractivity contribution in [1.82, 2.24) is 42.1 Å². The zero-order chi connectivity index (χ0) is 60.5. The number of unbranched alkanes of at least 4 members (excludes halogenated alkanes) is 1. The summed E-state index contributed by atoms with van der Waals surface area (Å²) in [6, 6.07) is 0.660. The summed E-state index contributed by atoms with van der Waals surface area (Å²) < 4.78 is 0. The number of likely N-dealkylation sites (tertiary alicyclic amines) is 1. The minimum Gasteiger partial charge on any atom is -0.387 e. The highest BCUT2D eigenvalue weighted by atomic mass is 16.6. The third-order valence-electron chi connectivity index (χ3n) is 12.8. The normalized spacial score (nSPS) is 15.1. The van der Waals surface area contributed by atoms with Crippen LogP contribution in [0.25, 0.3) is 0 Å². The molecular weight excluding hydrogens is 1060 g/mol. The lowest BCUT2D eigenvalue weighted by atomic mass is 10.0. The number of nitrogens with two attached hydrogens (primary N) is 4. The van der Waals surface area contributed by atoms with E-state index < -0.39 is 130 Å². The van der Waals surface area contributed by atoms with Crippen molar-refractivity contribution < 1.29 is 53.0 Å². The van der Waals surface area contributed by atoms with E-state index in [9.17, 15) is 63.4 Å². The van der Waals surface area contributed by atoms with Gasteiger partial charge < -0.3 is 75.7 Å². The van der Waals surface area contributed by atoms with E-state index in [0.29, 0.717) is 43.1 Å². The zero-order valence-electron chi connectivity index (χ0n) is 46.5. The van der Waals surface area contributed by atoms with Gasteiger partial charge in [-0.25, -0.2) is 0 Å². The SMILES string of the molecule is CNc1ccccc1C(=O)N[C@@H](CCCCN)C(=O)N1CCC[C@H]1C(=O)N[C@@H](CC(C)C)C(=O)NCC(=O)N[C@@H](CC(C)C)C(=O)N[C@@H](CNc1ccc([N+](=O)[O-])cc1[N+](=O)[O-])C(=O)N[C@@H](C)C(=O)N[C@@H](CCCN=C(N)N)C(N)=O. The molecule has 0 aliphatic carbocycles. The van der Waals surface area contributed by atoms with E-state index in [4.69, 9.17) is 22.9 Å². The fraction of sp³-hybridized carbons (Fsp3) is 0.569. The number of hydrogen-bond donors (Lipinski definition) is 13. The van der Waals surface area contributed by atoms with Gasteiger partial charge in [0.15, 0.2) is 5.96 Å². The number of hydrogen-bond acceptors (Lipinski definition) is 17. The van der Waals surface area contributed by atoms with Crippen LogP contribution in [0.5, 0.6) is 0 Å². The van der Waals surface area contributed by atoms with Crippen LogP contribution in [0.1, 0.15) is 103 Å². The average Bonchev–Trinajstić information content (AvgIpc) is 3.93. The van der Waals surface area contributed by atoms with Gasteiger partial charge in [0.25, 0.3) is 17.3 Å². The van der Waals surface area contributed by atoms with E-state index in [2.05, 4.69) is 52.8 Å². The van der Waals surface area contributed by atoms with Gasteiger partial charge in [0.2, 0.25) is 47.3 Å². The largest absolute Gasteiger partial charge is 0.387 e. The molecule has 0 radical (unpaired) electrons. The Labute approximate surface area is 468 Å². The molecule has 3 rings (SSSR count). The highest BCUT2D eigenvalue weighted by molar-refractivity contribution is 6.02. The second-order valence-electron chi connectivity index (χ2n) is 20.3. The van der Waals surface area contributed by atoms with Crippen LogP contribution < -0.4 is 70.8 Å². The second kappa shape index (κ2) is 33.0. The molecule has 0 aromatic heterocycles. The summed E-state index contributed by atoms with van der Waals surface area (Å²) in [5.41, 5.74) is 21.1. The minimum atomic E-state index is -1.67. The van der Waals surface area contributed by atoms with Crippen LogP contribution in [0.2, 0.25) is 0 Å². The Morgan fingerprint density at radius 2 is 1.33 bits per heavy atom. The molecule has 7 atom stereocenters. The predicted molar refractivity (Wildman–Crippen MR) is 299 cm³/mol. The van der Waals surface area contributed by atoms with Crippen molar-refractivity contribution >= 4 is 81.9 Å². The molecule has 9 amide bonds. The Balaban J connectivity index is 1.80. The van der Waals surface area contributed by atoms with Crippen molar-refractivity contribution in [2.24, 2.45) is 39.8 Å². The molecule has 17 N–H and O–H groups in total. The number of amides is 9. The summed E-state index contributed by atoms with van der Waals surface area (Å²) in [4.78, 5) is 149. The van der Waals surface area contributed by atoms with Crippen LogP contribution in [0.15, 0.2) is 47.5 Å². The molecule has 30 heteroatoms. The number of primary amides is 1. The summed E-state index contributed by atoms with van der Waals surface area (Å²) in [7, 11) is 1.67. The van der Waals surface area contributed by atoms with Gasteiger partial charge in [-0.05, 0) is 101 Å². The summed E-state index contributed by atoms with van der Waals surface area (Å²) in [5.74, 6) is -7.56. The lowest BCUT2D eigenvalue weighted by Crippen LogP contribution is -2.59. The van der Waals surface area contributed by atoms with E-state index in [1.54, 1.807) is 45.2 Å². The number of carbonyl (C=O) groups is 9. The summed E-state index contributed by atoms with van der Waals surface area (Å²) in [6.45, 7) is 7.72. The first-order valence-electron chi connectivity index (χ1n) is 26.7. The van der Waals surface area contributed by atoms with Gasteiger partial charge in [-0.15, -0.1) is 0 Å². The zero-order valence-corrected chi connectivity index (χ0v) is 46.5. The molecule has 2 aromatic rings. The average molecular weight is 1140 g/mol. The number of nitro benzene ring substituents is 2. The van der Waals surface area contributed by atoms with Gasteiger partial charge >= 0.3 is 0 Å². The van der Waals surface area contributed by atoms with Gasteiger partial charge in [-0.1, -0.05) is 39.8 Å². The van der Waals surface area contributed by atoms with Crippen molar-refractivity contribution in [3.8, 4) is 0 Å². The Bertz CT molecular complexity index is 2600. The molecule has 1 saturated heterocycles. The van der Waals surface area contributed by atoms with E-state index in [-0.39, 0.29) is 75.1 Å². The van der Waals surface area contributed by atoms with Crippen LogP contribution in [-0.2, 0) is 38.4 Å². The monoisotopic (exact) mass is 1140 g/mol. The highest BCUT2D eigenvalue weighted by Crippen LogP contribution is 2.29. The molecule has 81 heavy (non-hydrogen) atoms. The van der Waals surface area contributed by atoms with Gasteiger partial charge in [0, 0.05) is 38.4 Å². The van der Waals surface area contributed by atoms with E-state index >= 15 is 0 Å². The lowest BCUT2D eigenvalue weighted by molar-refractivity contribution is -0.393. The molecular formula is C51H79N17O13. The van der Waals surface area contributed by atoms with Crippen LogP contribution in [0.4, 0.5) is 22.7 Å². The van der Waals surface area contributed by atoms with Crippen molar-refractivity contribution in [2.45, 2.75) is 135 Å². The van der Waals surface area contributed by atoms with Gasteiger partial charge in [0.05, 0.1) is 28.0 Å². The van der Waals surface area contributed by atoms with E-state index in [1.807, 2.05) is 13.8 Å². The van der Waals surface area contributed by atoms with E-state index in [0.717, 1.165) is 12.1 Å². The van der Waals surface area contributed by atoms with Crippen molar-refractivity contribution in [2.75, 3.05) is 50.4 Å². The van der Waals surface area contributed by atoms with Crippen LogP contribution in [0.3, 0.4) is 0 Å². The van der Waals surface area contributed by atoms with Gasteiger partial charge in [0.1, 0.15) is 48.0 Å². The van der Waals surface area contributed by atoms with Crippen molar-refractivity contribution in [1.29, 1.82) is 0 Å². The molecule has 1 aliphatic heterocycles. The number of aliphatic imine (C=N–C) groups is 1. The number of nitrogens with zero attached hydrogens (tertiary/aromatic N) is 4. The molecule has 0 bridgehead atoms. The maximum atomic E-state index is 14.2. The number of benzene rings is 2. The number of nitrogens with one attached hydrogen (secondary N) is 9. The standard InChI is InChI=1S/C51H79N17O13/c1-28(2)23-37(64-49(76)40-17-12-22-66(40)50(77)36(15-9-10-20-52)63-45(72)32-13-7-8-14-33(32)56-6)46(73)59-27-42(69)61-38(24-29(3)4)47(74)65-39(26-58-34-19-18-31(67(78)79)25-41(34)68(80)81)48(75)60-30(5)44(71)62-35(43(53)70)16-11-21-57-51(54)55/h7-8,13-14,18-19,25,28-30,35-40,56,58H,9-12,15-17,20-24,26-27,52H2,1-6H3,(H2,53,70)(H,59,73)(H,60,75)(H,61,69)(H,62,71)(H,63,72)(H,64,76)(H,65,74)(H4,54,55,57)/t30-,35-,36-,37-,38-,39-,40-/m0/s1. The first-order chi connectivity index (χ1) is 38.3. The Morgan fingerprint density at radius 3 is 1.94 bits per heavy atom. The fourth-order valence-corrected chi connectivity index (χ4v) is 8.69. The molecule has 1 aliphatic rings. The molecule has 30 nitrogen and oxygen atoms in total. The quantitative estimate of drug-likeness (QED) is 0.0132. The summed E-state index contributed by atoms with van der Waals surface area (Å²) in [5, 5.41) is 47.0. The maximum absolute atomic E-state index is 14.2. The Hall–Kier alpha value is -8.70. The topological polar surface area (TPSA) is 468 Å². The fourth-order valence-electron chi connectivity index (χ4n) is 8.69. The number of carbonyl (C=O) groups excluding carboxylic acids is 9. The van der Waals surface area contributed by atoms with Gasteiger partial charge in [-0.3, -0.25) is 68.4 Å². The first-order valence-corrected chi connectivity index (χ1v) is 26.7. The van der Waals surface area contributed by atoms with Crippen LogP contribution in [-0.4, -0.2) is 156 Å². The molecule has 0 unspecified atom stereocenters. The Morgan fingerprint density at radius 1 is 0.704 bits per heavy atom. The third-order valence-corrected chi connectivity index (χ3v) is 12.8. The molecule has 1 fully saturated rings. The molecule has 0 saturated carbocycles. The number of para-hydroxylation sites is 1. The number of anilines is 2. The second-order valence-corrected chi connectivity index (χ2v) is 20.3. The number of rotatable bonds is 34.